The highest BCUT2D eigenvalue weighted by Gasteiger charge is 2.14. The van der Waals surface area contributed by atoms with E-state index in [0.29, 0.717) is 0 Å². The molecule has 3 nitrogen and oxygen atoms in total. The number of benzene rings is 2. The Bertz CT molecular complexity index is 819. The molecular weight excluding hydrogens is 254 g/mol. The second-order valence-corrected chi connectivity index (χ2v) is 7.11. The molecule has 0 aliphatic rings. The predicted molar refractivity (Wildman–Crippen MR) is 70.2 cm³/mol. The van der Waals surface area contributed by atoms with E-state index in [1.165, 1.54) is 17.6 Å². The Labute approximate surface area is 103 Å². The van der Waals surface area contributed by atoms with E-state index in [1.807, 2.05) is 36.4 Å². The number of hydrogen-bond acceptors (Lipinski definition) is 4. The highest BCUT2D eigenvalue weighted by Crippen LogP contribution is 2.30. The van der Waals surface area contributed by atoms with Crippen LogP contribution in [-0.4, -0.2) is 19.7 Å². The minimum atomic E-state index is -3.23. The summed E-state index contributed by atoms with van der Waals surface area (Å²) in [5.74, 6) is 0. The van der Waals surface area contributed by atoms with E-state index in [-0.39, 0.29) is 4.34 Å². The quantitative estimate of drug-likeness (QED) is 0.678. The van der Waals surface area contributed by atoms with Crippen molar-refractivity contribution in [3.8, 4) is 0 Å². The summed E-state index contributed by atoms with van der Waals surface area (Å²) in [5, 5.41) is 2.07. The molecule has 0 fully saturated rings. The van der Waals surface area contributed by atoms with Gasteiger partial charge in [0.1, 0.15) is 0 Å². The first-order valence-electron chi connectivity index (χ1n) is 5.04. The van der Waals surface area contributed by atoms with Crippen molar-refractivity contribution in [2.24, 2.45) is 0 Å². The number of nitrogens with zero attached hydrogens (tertiary/aromatic N) is 1. The average Bonchev–Trinajstić information content (AvgIpc) is 2.72. The van der Waals surface area contributed by atoms with E-state index < -0.39 is 9.84 Å². The molecule has 0 bridgehead atoms. The molecule has 1 aromatic heterocycles. The second kappa shape index (κ2) is 3.51. The number of hydrogen-bond donors (Lipinski definition) is 0. The van der Waals surface area contributed by atoms with Gasteiger partial charge >= 0.3 is 0 Å². The van der Waals surface area contributed by atoms with Crippen molar-refractivity contribution in [1.29, 1.82) is 0 Å². The number of thiazole rings is 1. The van der Waals surface area contributed by atoms with Gasteiger partial charge in [-0.05, 0) is 11.5 Å². The highest BCUT2D eigenvalue weighted by atomic mass is 32.2. The van der Waals surface area contributed by atoms with E-state index >= 15 is 0 Å². The van der Waals surface area contributed by atoms with Gasteiger partial charge in [0.2, 0.25) is 14.2 Å². The van der Waals surface area contributed by atoms with Crippen LogP contribution in [0.25, 0.3) is 21.0 Å². The van der Waals surface area contributed by atoms with Crippen molar-refractivity contribution in [2.75, 3.05) is 6.26 Å². The molecule has 5 heteroatoms. The molecule has 1 heterocycles. The average molecular weight is 263 g/mol. The smallest absolute Gasteiger partial charge is 0.210 e. The summed E-state index contributed by atoms with van der Waals surface area (Å²) in [6, 6.07) is 11.8. The normalized spacial score (nSPS) is 12.3. The Morgan fingerprint density at radius 3 is 2.65 bits per heavy atom. The third-order valence-corrected chi connectivity index (χ3v) is 5.28. The lowest BCUT2D eigenvalue weighted by atomic mass is 10.1. The molecule has 0 saturated carbocycles. The van der Waals surface area contributed by atoms with Gasteiger partial charge in [-0.3, -0.25) is 0 Å². The lowest BCUT2D eigenvalue weighted by Crippen LogP contribution is -1.94. The Balaban J connectivity index is 2.47. The van der Waals surface area contributed by atoms with Crippen LogP contribution < -0.4 is 0 Å². The molecule has 86 valence electrons. The lowest BCUT2D eigenvalue weighted by molar-refractivity contribution is 0.601. The molecule has 0 saturated heterocycles. The molecule has 3 aromatic rings. The number of rotatable bonds is 1. The topological polar surface area (TPSA) is 47.0 Å². The molecule has 0 atom stereocenters. The zero-order valence-corrected chi connectivity index (χ0v) is 10.7. The van der Waals surface area contributed by atoms with Crippen LogP contribution in [0.2, 0.25) is 0 Å². The summed E-state index contributed by atoms with van der Waals surface area (Å²) in [7, 11) is -3.23. The van der Waals surface area contributed by atoms with Gasteiger partial charge in [-0.15, -0.1) is 11.3 Å². The summed E-state index contributed by atoms with van der Waals surface area (Å²) in [5.41, 5.74) is 0.772. The monoisotopic (exact) mass is 263 g/mol. The van der Waals surface area contributed by atoms with E-state index in [2.05, 4.69) is 4.98 Å². The molecule has 0 aliphatic heterocycles. The van der Waals surface area contributed by atoms with E-state index in [4.69, 9.17) is 0 Å². The van der Waals surface area contributed by atoms with Crippen LogP contribution in [0.3, 0.4) is 0 Å². The zero-order chi connectivity index (χ0) is 12.0. The molecule has 0 amide bonds. The molecule has 0 aliphatic carbocycles. The van der Waals surface area contributed by atoms with Crippen molar-refractivity contribution in [2.45, 2.75) is 4.34 Å². The fourth-order valence-electron chi connectivity index (χ4n) is 1.80. The Kier molecular flexibility index (Phi) is 2.21. The standard InChI is InChI=1S/C12H9NO2S2/c1-17(14,15)12-13-11-9-5-3-2-4-8(9)6-7-10(11)16-12/h2-7H,1H3. The summed E-state index contributed by atoms with van der Waals surface area (Å²) >= 11 is 1.22. The third kappa shape index (κ3) is 1.71. The number of sulfone groups is 1. The lowest BCUT2D eigenvalue weighted by Gasteiger charge is -1.96. The molecule has 3 rings (SSSR count). The minimum absolute atomic E-state index is 0.184. The van der Waals surface area contributed by atoms with Crippen LogP contribution in [0, 0.1) is 0 Å². The number of aromatic nitrogens is 1. The number of fused-ring (bicyclic) bond motifs is 3. The zero-order valence-electron chi connectivity index (χ0n) is 9.04. The first-order valence-corrected chi connectivity index (χ1v) is 7.75. The van der Waals surface area contributed by atoms with Crippen molar-refractivity contribution < 1.29 is 8.42 Å². The van der Waals surface area contributed by atoms with Gasteiger partial charge in [-0.2, -0.15) is 0 Å². The predicted octanol–water partition coefficient (Wildman–Crippen LogP) is 2.85. The maximum Gasteiger partial charge on any atom is 0.210 e. The van der Waals surface area contributed by atoms with Crippen molar-refractivity contribution >= 4 is 42.2 Å². The van der Waals surface area contributed by atoms with Gasteiger partial charge < -0.3 is 0 Å². The maximum atomic E-state index is 11.5. The van der Waals surface area contributed by atoms with Crippen molar-refractivity contribution in [3.05, 3.63) is 36.4 Å². The Morgan fingerprint density at radius 1 is 1.12 bits per heavy atom. The molecule has 0 radical (unpaired) electrons. The van der Waals surface area contributed by atoms with Crippen LogP contribution in [0.1, 0.15) is 0 Å². The van der Waals surface area contributed by atoms with Crippen LogP contribution in [0.4, 0.5) is 0 Å². The van der Waals surface area contributed by atoms with E-state index in [1.54, 1.807) is 0 Å². The largest absolute Gasteiger partial charge is 0.224 e. The third-order valence-electron chi connectivity index (χ3n) is 2.58. The molecule has 0 N–H and O–H groups in total. The fraction of sp³-hybridized carbons (Fsp3) is 0.0833. The van der Waals surface area contributed by atoms with Crippen LogP contribution in [0.5, 0.6) is 0 Å². The minimum Gasteiger partial charge on any atom is -0.224 e. The molecule has 0 spiro atoms. The van der Waals surface area contributed by atoms with Crippen LogP contribution in [-0.2, 0) is 9.84 Å². The van der Waals surface area contributed by atoms with Crippen LogP contribution in [0.15, 0.2) is 40.7 Å². The van der Waals surface area contributed by atoms with Crippen molar-refractivity contribution in [3.63, 3.8) is 0 Å². The summed E-state index contributed by atoms with van der Waals surface area (Å²) in [6.45, 7) is 0. The summed E-state index contributed by atoms with van der Waals surface area (Å²) in [6.07, 6.45) is 1.19. The van der Waals surface area contributed by atoms with Gasteiger partial charge in [0.05, 0.1) is 10.2 Å². The highest BCUT2D eigenvalue weighted by molar-refractivity contribution is 7.92. The first kappa shape index (κ1) is 10.7. The van der Waals surface area contributed by atoms with E-state index in [9.17, 15) is 8.42 Å². The van der Waals surface area contributed by atoms with Gasteiger partial charge in [-0.1, -0.05) is 30.3 Å². The maximum absolute atomic E-state index is 11.5. The molecular formula is C12H9NO2S2. The van der Waals surface area contributed by atoms with Gasteiger partial charge in [0, 0.05) is 11.6 Å². The van der Waals surface area contributed by atoms with Gasteiger partial charge in [0.15, 0.2) is 0 Å². The Hall–Kier alpha value is -1.46. The molecule has 0 unspecified atom stereocenters. The SMILES string of the molecule is CS(=O)(=O)c1nc2c(ccc3ccccc32)s1. The Morgan fingerprint density at radius 2 is 1.88 bits per heavy atom. The van der Waals surface area contributed by atoms with Gasteiger partial charge in [0.25, 0.3) is 0 Å². The van der Waals surface area contributed by atoms with E-state index in [0.717, 1.165) is 21.0 Å². The summed E-state index contributed by atoms with van der Waals surface area (Å²) < 4.78 is 24.1. The first-order chi connectivity index (χ1) is 8.05. The van der Waals surface area contributed by atoms with Crippen molar-refractivity contribution in [1.82, 2.24) is 4.98 Å². The van der Waals surface area contributed by atoms with Crippen LogP contribution >= 0.6 is 11.3 Å². The molecule has 2 aromatic carbocycles. The van der Waals surface area contributed by atoms with Gasteiger partial charge in [-0.25, -0.2) is 13.4 Å². The summed E-state index contributed by atoms with van der Waals surface area (Å²) in [4.78, 5) is 4.24. The second-order valence-electron chi connectivity index (χ2n) is 3.89. The fourth-order valence-corrected chi connectivity index (χ4v) is 3.64. The molecule has 17 heavy (non-hydrogen) atoms.